The van der Waals surface area contributed by atoms with Crippen LogP contribution in [0.1, 0.15) is 22.3 Å². The van der Waals surface area contributed by atoms with Crippen molar-refractivity contribution < 1.29 is 28.8 Å². The van der Waals surface area contributed by atoms with E-state index in [4.69, 9.17) is 35.2 Å². The third kappa shape index (κ3) is 6.59. The van der Waals surface area contributed by atoms with Crippen LogP contribution >= 0.6 is 79.1 Å². The van der Waals surface area contributed by atoms with Crippen molar-refractivity contribution in [3.63, 3.8) is 0 Å². The number of phenolic OH excluding ortho intramolecular Hbond substituents is 1. The zero-order valence-corrected chi connectivity index (χ0v) is 32.3. The van der Waals surface area contributed by atoms with Crippen molar-refractivity contribution in [1.29, 1.82) is 0 Å². The molecule has 0 aliphatic carbocycles. The average Bonchev–Trinajstić information content (AvgIpc) is 3.62. The van der Waals surface area contributed by atoms with Crippen molar-refractivity contribution in [3.8, 4) is 34.5 Å². The molecular formula is C31H24BBr5N4O6. The third-order valence-electron chi connectivity index (χ3n) is 7.72. The predicted octanol–water partition coefficient (Wildman–Crippen LogP) is 8.16. The van der Waals surface area contributed by atoms with Gasteiger partial charge in [0.2, 0.25) is 0 Å². The van der Waals surface area contributed by atoms with Gasteiger partial charge in [0.25, 0.3) is 12.0 Å². The van der Waals surface area contributed by atoms with Gasteiger partial charge in [0.05, 0.1) is 7.11 Å². The summed E-state index contributed by atoms with van der Waals surface area (Å²) in [7, 11) is 1.63. The number of ether oxygens (including phenoxy) is 5. The van der Waals surface area contributed by atoms with E-state index >= 15 is 0 Å². The second-order valence-electron chi connectivity index (χ2n) is 10.5. The van der Waals surface area contributed by atoms with Crippen molar-refractivity contribution in [2.24, 2.45) is 21.5 Å². The molecule has 0 saturated carbocycles. The van der Waals surface area contributed by atoms with Crippen LogP contribution < -0.4 is 25.7 Å². The van der Waals surface area contributed by atoms with Crippen LogP contribution in [0.3, 0.4) is 0 Å². The minimum absolute atomic E-state index is 0.136. The number of methoxy groups -OCH3 is 1. The third-order valence-corrected chi connectivity index (χ3v) is 8.70. The minimum Gasteiger partial charge on any atom is -0.508 e. The number of rotatable bonds is 1. The lowest BCUT2D eigenvalue weighted by Crippen LogP contribution is -2.31. The number of benzene rings is 4. The van der Waals surface area contributed by atoms with Crippen LogP contribution in [-0.4, -0.2) is 40.7 Å². The Labute approximate surface area is 312 Å². The maximum atomic E-state index is 9.82. The zero-order chi connectivity index (χ0) is 33.5. The molecule has 2 spiro atoms. The largest absolute Gasteiger partial charge is 0.508 e. The van der Waals surface area contributed by atoms with Crippen LogP contribution in [0.2, 0.25) is 0 Å². The predicted molar refractivity (Wildman–Crippen MR) is 199 cm³/mol. The summed E-state index contributed by atoms with van der Waals surface area (Å²) < 4.78 is 30.3. The zero-order valence-electron chi connectivity index (χ0n) is 24.3. The molecule has 242 valence electrons. The quantitative estimate of drug-likeness (QED) is 0.162. The number of hydrogen-bond acceptors (Lipinski definition) is 10. The van der Waals surface area contributed by atoms with E-state index in [9.17, 15) is 5.11 Å². The van der Waals surface area contributed by atoms with Crippen molar-refractivity contribution in [2.75, 3.05) is 20.3 Å². The molecule has 4 aliphatic rings. The van der Waals surface area contributed by atoms with Crippen LogP contribution in [0.5, 0.6) is 34.5 Å². The summed E-state index contributed by atoms with van der Waals surface area (Å²) >= 11 is 16.3. The molecule has 47 heavy (non-hydrogen) atoms. The number of fused-ring (bicyclic) bond motifs is 8. The Morgan fingerprint density at radius 2 is 1.09 bits per heavy atom. The van der Waals surface area contributed by atoms with Gasteiger partial charge < -0.3 is 40.3 Å². The molecule has 5 N–H and O–H groups in total. The molecular weight excluding hydrogens is 935 g/mol. The maximum absolute atomic E-state index is 9.82. The molecule has 4 aromatic carbocycles. The summed E-state index contributed by atoms with van der Waals surface area (Å²) in [6, 6.07) is 22.5. The molecule has 0 bridgehead atoms. The van der Waals surface area contributed by atoms with Gasteiger partial charge in [0.15, 0.2) is 11.1 Å². The second-order valence-corrected chi connectivity index (χ2v) is 18.7. The summed E-state index contributed by atoms with van der Waals surface area (Å²) in [5.74, 6) is 3.72. The molecule has 10 nitrogen and oxygen atoms in total. The van der Waals surface area contributed by atoms with Gasteiger partial charge in [-0.2, -0.15) is 0 Å². The first-order chi connectivity index (χ1) is 22.4. The molecule has 4 heterocycles. The molecule has 0 fully saturated rings. The molecule has 2 atom stereocenters. The molecule has 0 amide bonds. The van der Waals surface area contributed by atoms with Crippen LogP contribution in [0, 0.1) is 0 Å². The summed E-state index contributed by atoms with van der Waals surface area (Å²) in [5, 5.41) is 9.82. The number of nitrogens with zero attached hydrogens (tertiary/aromatic N) is 2. The summed E-state index contributed by atoms with van der Waals surface area (Å²) in [5.41, 5.74) is 13.5. The molecule has 4 aromatic rings. The highest BCUT2D eigenvalue weighted by Gasteiger charge is 2.48. The number of phenols is 1. The van der Waals surface area contributed by atoms with Crippen molar-refractivity contribution in [1.82, 2.24) is 0 Å². The van der Waals surface area contributed by atoms with Crippen LogP contribution in [0.4, 0.5) is 0 Å². The molecule has 2 unspecified atom stereocenters. The number of amidine groups is 2. The first-order valence-corrected chi connectivity index (χ1v) is 18.1. The normalized spacial score (nSPS) is 20.5. The van der Waals surface area contributed by atoms with Gasteiger partial charge in [-0.3, -0.25) is 0 Å². The first-order valence-electron chi connectivity index (χ1n) is 13.8. The van der Waals surface area contributed by atoms with Gasteiger partial charge in [-0.15, -0.1) is 47.3 Å². The summed E-state index contributed by atoms with van der Waals surface area (Å²) in [4.78, 5) is 9.10. The smallest absolute Gasteiger partial charge is 0.369 e. The van der Waals surface area contributed by atoms with E-state index in [1.165, 1.54) is 0 Å². The number of halogens is 5. The lowest BCUT2D eigenvalue weighted by atomic mass is 9.81. The van der Waals surface area contributed by atoms with Gasteiger partial charge >= 0.3 is 3.18 Å². The van der Waals surface area contributed by atoms with E-state index in [0.29, 0.717) is 18.1 Å². The monoisotopic (exact) mass is 954 g/mol. The number of nitrogens with two attached hydrogens (primary N) is 2. The van der Waals surface area contributed by atoms with Gasteiger partial charge in [-0.1, -0.05) is 31.9 Å². The van der Waals surface area contributed by atoms with E-state index in [-0.39, 0.29) is 27.6 Å². The number of aromatic hydroxyl groups is 1. The van der Waals surface area contributed by atoms with Crippen LogP contribution in [0.25, 0.3) is 0 Å². The van der Waals surface area contributed by atoms with Crippen LogP contribution in [-0.2, 0) is 20.6 Å². The summed E-state index contributed by atoms with van der Waals surface area (Å²) in [6.07, 6.45) is 0. The topological polar surface area (TPSA) is 143 Å². The fourth-order valence-corrected chi connectivity index (χ4v) is 6.47. The standard InChI is InChI=1S/C16H13BrN2O3.C15H11BrN2O3.BBr3/c1-20-10-3-5-14-12(7-10)16(8-21-15(18)19-16)11-6-9(17)2-4-13(11)22-14;16-8-1-3-12-10(5-8)15(7-20-14(17)18-15)11-6-9(19)2-4-13(11)21-12;2-1(3)4/h2-7H,8H2,1H3,(H2,18,19);1-6,19H,7H2,(H2,17,18);. The SMILES string of the molecule is BrB(Br)Br.COc1ccc2c(c1)C1(COC(N)=N1)c1cc(Br)ccc1O2.NC1=NC2(CO1)c1cc(O)ccc1Oc1ccc(Br)cc12. The molecule has 8 rings (SSSR count). The first kappa shape index (κ1) is 34.0. The fraction of sp³-hybridized carbons (Fsp3) is 0.161. The van der Waals surface area contributed by atoms with E-state index in [2.05, 4.69) is 89.1 Å². The van der Waals surface area contributed by atoms with Gasteiger partial charge in [-0.25, -0.2) is 9.98 Å². The van der Waals surface area contributed by atoms with Gasteiger partial charge in [0.1, 0.15) is 47.7 Å². The minimum atomic E-state index is -0.782. The van der Waals surface area contributed by atoms with E-state index in [1.807, 2.05) is 54.6 Å². The highest BCUT2D eigenvalue weighted by molar-refractivity contribution is 9.69. The highest BCUT2D eigenvalue weighted by Crippen LogP contribution is 2.53. The Balaban J connectivity index is 0.000000148. The Morgan fingerprint density at radius 1 is 0.681 bits per heavy atom. The Bertz CT molecular complexity index is 1880. The van der Waals surface area contributed by atoms with Gasteiger partial charge in [0, 0.05) is 31.2 Å². The Morgan fingerprint density at radius 3 is 1.51 bits per heavy atom. The molecule has 4 aliphatic heterocycles. The average molecular weight is 959 g/mol. The van der Waals surface area contributed by atoms with Crippen LogP contribution in [0.15, 0.2) is 91.7 Å². The van der Waals surface area contributed by atoms with Crippen molar-refractivity contribution >= 4 is 94.4 Å². The number of hydrogen-bond donors (Lipinski definition) is 3. The highest BCUT2D eigenvalue weighted by atomic mass is 79.9. The van der Waals surface area contributed by atoms with E-state index < -0.39 is 11.1 Å². The second kappa shape index (κ2) is 13.5. The van der Waals surface area contributed by atoms with Gasteiger partial charge in [-0.05, 0) is 72.8 Å². The molecule has 0 aromatic heterocycles. The Kier molecular flexibility index (Phi) is 9.78. The Hall–Kier alpha value is -2.92. The van der Waals surface area contributed by atoms with Crippen molar-refractivity contribution in [3.05, 3.63) is 104 Å². The van der Waals surface area contributed by atoms with E-state index in [1.54, 1.807) is 25.3 Å². The summed E-state index contributed by atoms with van der Waals surface area (Å²) in [6.45, 7) is 0.619. The lowest BCUT2D eigenvalue weighted by molar-refractivity contribution is 0.264. The molecule has 0 saturated heterocycles. The lowest BCUT2D eigenvalue weighted by Gasteiger charge is -2.33. The van der Waals surface area contributed by atoms with Crippen molar-refractivity contribution in [2.45, 2.75) is 11.1 Å². The molecule has 0 radical (unpaired) electrons. The maximum Gasteiger partial charge on any atom is 0.369 e. The number of aliphatic imine (C=N–C) groups is 2. The van der Waals surface area contributed by atoms with E-state index in [0.717, 1.165) is 48.4 Å². The fourth-order valence-electron chi connectivity index (χ4n) is 5.75. The molecule has 16 heteroatoms.